The van der Waals surface area contributed by atoms with Gasteiger partial charge in [0.05, 0.1) is 6.33 Å². The summed E-state index contributed by atoms with van der Waals surface area (Å²) in [5, 5.41) is 0. The topological polar surface area (TPSA) is 17.8 Å². The van der Waals surface area contributed by atoms with E-state index in [2.05, 4.69) is 43.1 Å². The Bertz CT molecular complexity index is 432. The lowest BCUT2D eigenvalue weighted by atomic mass is 9.99. The van der Waals surface area contributed by atoms with E-state index in [1.807, 2.05) is 17.1 Å². The van der Waals surface area contributed by atoms with Crippen LogP contribution < -0.4 is 0 Å². The zero-order valence-electron chi connectivity index (χ0n) is 9.93. The predicted molar refractivity (Wildman–Crippen MR) is 66.7 cm³/mol. The average Bonchev–Trinajstić information content (AvgIpc) is 2.83. The number of rotatable bonds is 4. The fourth-order valence-electron chi connectivity index (χ4n) is 1.80. The summed E-state index contributed by atoms with van der Waals surface area (Å²) in [5.41, 5.74) is 2.60. The number of nitrogens with zero attached hydrogens (tertiary/aromatic N) is 2. The molecule has 2 rings (SSSR count). The Morgan fingerprint density at radius 3 is 2.94 bits per heavy atom. The van der Waals surface area contributed by atoms with Crippen LogP contribution in [0.3, 0.4) is 0 Å². The molecule has 0 bridgehead atoms. The average molecular weight is 214 g/mol. The molecule has 0 saturated carbocycles. The maximum atomic E-state index is 4.07. The van der Waals surface area contributed by atoms with E-state index in [1.165, 1.54) is 17.7 Å². The fourth-order valence-corrected chi connectivity index (χ4v) is 1.80. The Hall–Kier alpha value is -1.57. The molecule has 0 aliphatic heterocycles. The monoisotopic (exact) mass is 214 g/mol. The molecule has 0 aliphatic rings. The highest BCUT2D eigenvalue weighted by atomic mass is 15.0. The molecule has 0 aliphatic carbocycles. The first kappa shape index (κ1) is 10.9. The van der Waals surface area contributed by atoms with Crippen LogP contribution in [0.1, 0.15) is 25.8 Å². The van der Waals surface area contributed by atoms with Crippen molar-refractivity contribution in [2.24, 2.45) is 5.92 Å². The zero-order valence-corrected chi connectivity index (χ0v) is 9.93. The quantitative estimate of drug-likeness (QED) is 0.762. The van der Waals surface area contributed by atoms with Crippen LogP contribution in [-0.2, 0) is 6.42 Å². The highest BCUT2D eigenvalue weighted by Gasteiger charge is 2.02. The Morgan fingerprint density at radius 1 is 1.38 bits per heavy atom. The maximum absolute atomic E-state index is 4.07. The van der Waals surface area contributed by atoms with Crippen molar-refractivity contribution < 1.29 is 0 Å². The van der Waals surface area contributed by atoms with Crippen molar-refractivity contribution in [2.75, 3.05) is 0 Å². The van der Waals surface area contributed by atoms with E-state index in [-0.39, 0.29) is 0 Å². The van der Waals surface area contributed by atoms with Crippen molar-refractivity contribution in [3.63, 3.8) is 0 Å². The standard InChI is InChI=1S/C14H18N2/c1-3-12(2)9-13-5-4-6-14(10-13)16-8-7-15-11-16/h4-8,10-12H,3,9H2,1-2H3. The number of hydrogen-bond acceptors (Lipinski definition) is 1. The summed E-state index contributed by atoms with van der Waals surface area (Å²) in [5.74, 6) is 0.748. The molecule has 0 amide bonds. The van der Waals surface area contributed by atoms with Gasteiger partial charge in [-0.05, 0) is 30.0 Å². The van der Waals surface area contributed by atoms with E-state index in [0.717, 1.165) is 12.3 Å². The van der Waals surface area contributed by atoms with E-state index in [1.54, 1.807) is 6.20 Å². The van der Waals surface area contributed by atoms with Crippen LogP contribution in [0.2, 0.25) is 0 Å². The molecule has 1 atom stereocenters. The van der Waals surface area contributed by atoms with Crippen LogP contribution in [0.4, 0.5) is 0 Å². The van der Waals surface area contributed by atoms with Crippen molar-refractivity contribution in [3.8, 4) is 5.69 Å². The SMILES string of the molecule is CCC(C)Cc1cccc(-n2ccnc2)c1. The molecule has 1 unspecified atom stereocenters. The number of imidazole rings is 1. The first-order chi connectivity index (χ1) is 7.79. The molecule has 2 nitrogen and oxygen atoms in total. The van der Waals surface area contributed by atoms with Gasteiger partial charge in [0.25, 0.3) is 0 Å². The van der Waals surface area contributed by atoms with Gasteiger partial charge in [0.1, 0.15) is 0 Å². The fraction of sp³-hybridized carbons (Fsp3) is 0.357. The molecule has 2 heteroatoms. The molecule has 1 aromatic heterocycles. The molecule has 0 fully saturated rings. The Morgan fingerprint density at radius 2 is 2.25 bits per heavy atom. The molecule has 84 valence electrons. The summed E-state index contributed by atoms with van der Waals surface area (Å²) in [6.45, 7) is 4.54. The Balaban J connectivity index is 2.20. The number of aromatic nitrogens is 2. The first-order valence-corrected chi connectivity index (χ1v) is 5.87. The normalized spacial score (nSPS) is 12.6. The first-order valence-electron chi connectivity index (χ1n) is 5.87. The van der Waals surface area contributed by atoms with Gasteiger partial charge in [0, 0.05) is 18.1 Å². The number of benzene rings is 1. The predicted octanol–water partition coefficient (Wildman–Crippen LogP) is 3.46. The largest absolute Gasteiger partial charge is 0.306 e. The van der Waals surface area contributed by atoms with Gasteiger partial charge < -0.3 is 4.57 Å². The highest BCUT2D eigenvalue weighted by molar-refractivity contribution is 5.35. The van der Waals surface area contributed by atoms with E-state index in [4.69, 9.17) is 0 Å². The molecular formula is C14H18N2. The van der Waals surface area contributed by atoms with E-state index >= 15 is 0 Å². The summed E-state index contributed by atoms with van der Waals surface area (Å²) in [6.07, 6.45) is 8.00. The van der Waals surface area contributed by atoms with Crippen LogP contribution in [0.15, 0.2) is 43.0 Å². The smallest absolute Gasteiger partial charge is 0.0991 e. The Kier molecular flexibility index (Phi) is 3.40. The molecule has 0 saturated heterocycles. The van der Waals surface area contributed by atoms with Gasteiger partial charge in [-0.3, -0.25) is 0 Å². The lowest BCUT2D eigenvalue weighted by Gasteiger charge is -2.10. The minimum absolute atomic E-state index is 0.748. The maximum Gasteiger partial charge on any atom is 0.0991 e. The van der Waals surface area contributed by atoms with Gasteiger partial charge in [-0.25, -0.2) is 4.98 Å². The Labute approximate surface area is 97.0 Å². The zero-order chi connectivity index (χ0) is 11.4. The summed E-state index contributed by atoms with van der Waals surface area (Å²) < 4.78 is 2.04. The van der Waals surface area contributed by atoms with Crippen LogP contribution in [-0.4, -0.2) is 9.55 Å². The van der Waals surface area contributed by atoms with Crippen molar-refractivity contribution >= 4 is 0 Å². The van der Waals surface area contributed by atoms with Crippen LogP contribution in [0.5, 0.6) is 0 Å². The van der Waals surface area contributed by atoms with Gasteiger partial charge in [0.2, 0.25) is 0 Å². The highest BCUT2D eigenvalue weighted by Crippen LogP contribution is 2.15. The summed E-state index contributed by atoms with van der Waals surface area (Å²) >= 11 is 0. The van der Waals surface area contributed by atoms with Gasteiger partial charge in [-0.2, -0.15) is 0 Å². The molecule has 2 aromatic rings. The van der Waals surface area contributed by atoms with Crippen molar-refractivity contribution in [2.45, 2.75) is 26.7 Å². The summed E-state index contributed by atoms with van der Waals surface area (Å²) in [6, 6.07) is 8.68. The minimum atomic E-state index is 0.748. The van der Waals surface area contributed by atoms with E-state index in [9.17, 15) is 0 Å². The van der Waals surface area contributed by atoms with Gasteiger partial charge in [0.15, 0.2) is 0 Å². The molecule has 0 radical (unpaired) electrons. The van der Waals surface area contributed by atoms with Gasteiger partial charge in [-0.1, -0.05) is 32.4 Å². The van der Waals surface area contributed by atoms with Gasteiger partial charge >= 0.3 is 0 Å². The second-order valence-corrected chi connectivity index (χ2v) is 4.36. The van der Waals surface area contributed by atoms with Crippen LogP contribution in [0, 0.1) is 5.92 Å². The van der Waals surface area contributed by atoms with Crippen molar-refractivity contribution in [3.05, 3.63) is 48.5 Å². The molecule has 16 heavy (non-hydrogen) atoms. The van der Waals surface area contributed by atoms with Crippen LogP contribution in [0.25, 0.3) is 5.69 Å². The molecule has 1 aromatic carbocycles. The molecular weight excluding hydrogens is 196 g/mol. The third-order valence-corrected chi connectivity index (χ3v) is 2.99. The minimum Gasteiger partial charge on any atom is -0.306 e. The third kappa shape index (κ3) is 2.51. The second-order valence-electron chi connectivity index (χ2n) is 4.36. The van der Waals surface area contributed by atoms with E-state index in [0.29, 0.717) is 0 Å². The number of hydrogen-bond donors (Lipinski definition) is 0. The summed E-state index contributed by atoms with van der Waals surface area (Å²) in [7, 11) is 0. The molecule has 0 N–H and O–H groups in total. The molecule has 1 heterocycles. The van der Waals surface area contributed by atoms with Crippen molar-refractivity contribution in [1.82, 2.24) is 9.55 Å². The second kappa shape index (κ2) is 4.97. The summed E-state index contributed by atoms with van der Waals surface area (Å²) in [4.78, 5) is 4.07. The lowest BCUT2D eigenvalue weighted by Crippen LogP contribution is -1.99. The van der Waals surface area contributed by atoms with E-state index < -0.39 is 0 Å². The van der Waals surface area contributed by atoms with Gasteiger partial charge in [-0.15, -0.1) is 0 Å². The van der Waals surface area contributed by atoms with Crippen LogP contribution >= 0.6 is 0 Å². The lowest BCUT2D eigenvalue weighted by molar-refractivity contribution is 0.560. The molecule has 0 spiro atoms. The third-order valence-electron chi connectivity index (χ3n) is 2.99. The van der Waals surface area contributed by atoms with Crippen molar-refractivity contribution in [1.29, 1.82) is 0 Å².